The molecule has 2 heterocycles. The van der Waals surface area contributed by atoms with E-state index in [9.17, 15) is 19.3 Å². The van der Waals surface area contributed by atoms with Crippen LogP contribution < -0.4 is 4.90 Å². The maximum Gasteiger partial charge on any atom is 0.414 e. The Balaban J connectivity index is 0.00000225. The van der Waals surface area contributed by atoms with Gasteiger partial charge < -0.3 is 10.5 Å². The predicted octanol–water partition coefficient (Wildman–Crippen LogP) is 4.32. The van der Waals surface area contributed by atoms with Crippen molar-refractivity contribution in [1.29, 1.82) is 0 Å². The van der Waals surface area contributed by atoms with Crippen LogP contribution in [0.2, 0.25) is 0 Å². The zero-order chi connectivity index (χ0) is 17.3. The summed E-state index contributed by atoms with van der Waals surface area (Å²) in [6, 6.07) is 5.59. The molecule has 0 aliphatic carbocycles. The van der Waals surface area contributed by atoms with Gasteiger partial charge in [0.25, 0.3) is 5.69 Å². The SMILES string of the molecule is [Ac].[NH-]C[C@H]1CN(c2ccc(Sc3sccc3[N+](=O)[O-])c(F)c2)C(=O)O1. The van der Waals surface area contributed by atoms with Crippen molar-refractivity contribution in [2.75, 3.05) is 18.0 Å². The molecule has 0 spiro atoms. The number of thiophene rings is 1. The van der Waals surface area contributed by atoms with Crippen LogP contribution in [0.3, 0.4) is 0 Å². The van der Waals surface area contributed by atoms with E-state index in [2.05, 4.69) is 0 Å². The molecule has 0 unspecified atom stereocenters. The summed E-state index contributed by atoms with van der Waals surface area (Å²) in [5, 5.41) is 12.5. The normalized spacial score (nSPS) is 16.5. The Kier molecular flexibility index (Phi) is 7.22. The topological polar surface area (TPSA) is 96.5 Å². The van der Waals surface area contributed by atoms with Crippen LogP contribution in [-0.4, -0.2) is 30.2 Å². The standard InChI is InChI=1S/C14H11FN3O4S2.Ac/c15-10-5-8(17-7-9(6-16)22-14(17)19)1-2-12(10)24-13-11(18(20)21)3-4-23-13;/h1-5,9,16H,6-7H2;/q-1;/t9-;/m0./s1. The van der Waals surface area contributed by atoms with Crippen molar-refractivity contribution in [3.8, 4) is 0 Å². The van der Waals surface area contributed by atoms with E-state index in [-0.39, 0.29) is 67.7 Å². The molecule has 1 fully saturated rings. The van der Waals surface area contributed by atoms with E-state index in [1.54, 1.807) is 11.4 Å². The molecule has 25 heavy (non-hydrogen) atoms. The van der Waals surface area contributed by atoms with Crippen molar-refractivity contribution >= 4 is 40.6 Å². The molecule has 1 aliphatic heterocycles. The van der Waals surface area contributed by atoms with Crippen LogP contribution in [0.25, 0.3) is 5.73 Å². The van der Waals surface area contributed by atoms with E-state index < -0.39 is 22.9 Å². The van der Waals surface area contributed by atoms with Crippen molar-refractivity contribution in [1.82, 2.24) is 0 Å². The third-order valence-corrected chi connectivity index (χ3v) is 5.52. The molecule has 1 atom stereocenters. The number of nitro groups is 1. The molecule has 3 rings (SSSR count). The summed E-state index contributed by atoms with van der Waals surface area (Å²) in [6.07, 6.45) is -1.13. The number of ether oxygens (including phenoxy) is 1. The average molecular weight is 595 g/mol. The molecular formula is C14H11AcFN3O4S2-. The molecule has 1 saturated heterocycles. The molecular weight excluding hydrogens is 584 g/mol. The van der Waals surface area contributed by atoms with Crippen LogP contribution in [-0.2, 0) is 4.74 Å². The largest absolute Gasteiger partial charge is 0.674 e. The molecule has 0 saturated carbocycles. The minimum absolute atomic E-state index is 0. The number of cyclic esters (lactones) is 1. The summed E-state index contributed by atoms with van der Waals surface area (Å²) in [4.78, 5) is 23.6. The fraction of sp³-hybridized carbons (Fsp3) is 0.214. The second-order valence-corrected chi connectivity index (χ2v) is 7.11. The maximum absolute atomic E-state index is 14.3. The van der Waals surface area contributed by atoms with Gasteiger partial charge in [0.15, 0.2) is 0 Å². The van der Waals surface area contributed by atoms with E-state index in [1.807, 2.05) is 0 Å². The number of nitrogens with one attached hydrogen (secondary N) is 1. The third kappa shape index (κ3) is 4.52. The van der Waals surface area contributed by atoms with Gasteiger partial charge in [0.1, 0.15) is 16.1 Å². The minimum atomic E-state index is -0.610. The summed E-state index contributed by atoms with van der Waals surface area (Å²) >= 11 is 2.13. The van der Waals surface area contributed by atoms with Gasteiger partial charge in [-0.1, -0.05) is 11.8 Å². The summed E-state index contributed by atoms with van der Waals surface area (Å²) in [6.45, 7) is 0.144. The third-order valence-electron chi connectivity index (χ3n) is 3.34. The Morgan fingerprint density at radius 2 is 2.24 bits per heavy atom. The maximum atomic E-state index is 14.3. The Morgan fingerprint density at radius 1 is 1.48 bits per heavy atom. The second-order valence-electron chi connectivity index (χ2n) is 4.89. The van der Waals surface area contributed by atoms with Crippen LogP contribution in [0.4, 0.5) is 20.6 Å². The van der Waals surface area contributed by atoms with Crippen molar-refractivity contribution in [2.45, 2.75) is 15.2 Å². The van der Waals surface area contributed by atoms with E-state index in [1.165, 1.54) is 23.1 Å². The van der Waals surface area contributed by atoms with Crippen LogP contribution >= 0.6 is 23.1 Å². The van der Waals surface area contributed by atoms with Gasteiger partial charge in [-0.15, -0.1) is 17.9 Å². The van der Waals surface area contributed by atoms with Gasteiger partial charge in [0.2, 0.25) is 0 Å². The number of amides is 1. The van der Waals surface area contributed by atoms with E-state index >= 15 is 0 Å². The Bertz CT molecular complexity index is 804. The smallest absolute Gasteiger partial charge is 0.414 e. The monoisotopic (exact) mass is 595 g/mol. The van der Waals surface area contributed by atoms with Crippen LogP contribution in [0.15, 0.2) is 38.8 Å². The molecule has 1 radical (unpaired) electrons. The van der Waals surface area contributed by atoms with Gasteiger partial charge in [-0.25, -0.2) is 9.18 Å². The van der Waals surface area contributed by atoms with E-state index in [0.29, 0.717) is 9.90 Å². The molecule has 11 heteroatoms. The van der Waals surface area contributed by atoms with Crippen molar-refractivity contribution < 1.29 is 62.9 Å². The summed E-state index contributed by atoms with van der Waals surface area (Å²) < 4.78 is 19.7. The van der Waals surface area contributed by atoms with E-state index in [0.717, 1.165) is 23.1 Å². The number of nitrogens with zero attached hydrogens (tertiary/aromatic N) is 2. The van der Waals surface area contributed by atoms with E-state index in [4.69, 9.17) is 10.5 Å². The molecule has 1 aliphatic rings. The van der Waals surface area contributed by atoms with Crippen LogP contribution in [0.1, 0.15) is 0 Å². The Labute approximate surface area is 186 Å². The summed E-state index contributed by atoms with van der Waals surface area (Å²) in [5.41, 5.74) is 7.52. The number of rotatable bonds is 5. The van der Waals surface area contributed by atoms with Gasteiger partial charge >= 0.3 is 6.09 Å². The van der Waals surface area contributed by atoms with Gasteiger partial charge in [0.05, 0.1) is 17.2 Å². The number of hydrogen-bond acceptors (Lipinski definition) is 6. The number of benzene rings is 1. The van der Waals surface area contributed by atoms with Crippen molar-refractivity contribution in [3.63, 3.8) is 0 Å². The van der Waals surface area contributed by atoms with Crippen LogP contribution in [0, 0.1) is 60.0 Å². The van der Waals surface area contributed by atoms with Crippen LogP contribution in [0.5, 0.6) is 0 Å². The number of halogens is 1. The zero-order valence-corrected chi connectivity index (χ0v) is 19.1. The number of carbonyl (C=O) groups excluding carboxylic acids is 1. The first kappa shape index (κ1) is 20.6. The van der Waals surface area contributed by atoms with Gasteiger partial charge in [0, 0.05) is 55.0 Å². The molecule has 129 valence electrons. The Morgan fingerprint density at radius 3 is 2.84 bits per heavy atom. The quantitative estimate of drug-likeness (QED) is 0.379. The predicted molar refractivity (Wildman–Crippen MR) is 88.3 cm³/mol. The van der Waals surface area contributed by atoms with Crippen molar-refractivity contribution in [3.05, 3.63) is 51.3 Å². The van der Waals surface area contributed by atoms with Gasteiger partial charge in [-0.3, -0.25) is 15.0 Å². The molecule has 0 bridgehead atoms. The first-order chi connectivity index (χ1) is 11.5. The van der Waals surface area contributed by atoms with Gasteiger partial charge in [-0.2, -0.15) is 0 Å². The fourth-order valence-electron chi connectivity index (χ4n) is 2.18. The number of carbonyl (C=O) groups is 1. The number of hydrogen-bond donors (Lipinski definition) is 0. The summed E-state index contributed by atoms with van der Waals surface area (Å²) in [5.74, 6) is -0.581. The first-order valence-electron chi connectivity index (χ1n) is 6.81. The van der Waals surface area contributed by atoms with Gasteiger partial charge in [-0.05, 0) is 23.6 Å². The summed E-state index contributed by atoms with van der Waals surface area (Å²) in [7, 11) is 0. The average Bonchev–Trinajstić information content (AvgIpc) is 3.15. The molecule has 2 aromatic rings. The molecule has 1 amide bonds. The number of anilines is 1. The molecule has 1 N–H and O–H groups in total. The molecule has 1 aromatic heterocycles. The molecule has 1 aromatic carbocycles. The second kappa shape index (κ2) is 8.77. The fourth-order valence-corrected chi connectivity index (χ4v) is 4.13. The zero-order valence-electron chi connectivity index (χ0n) is 12.7. The molecule has 7 nitrogen and oxygen atoms in total. The Hall–Kier alpha value is -0.728. The van der Waals surface area contributed by atoms with Crippen molar-refractivity contribution in [2.24, 2.45) is 0 Å². The minimum Gasteiger partial charge on any atom is -0.674 e. The first-order valence-corrected chi connectivity index (χ1v) is 8.51.